The summed E-state index contributed by atoms with van der Waals surface area (Å²) in [7, 11) is 1.57. The molecule has 0 saturated carbocycles. The zero-order chi connectivity index (χ0) is 20.2. The molecule has 0 unspecified atom stereocenters. The number of benzene rings is 1. The van der Waals surface area contributed by atoms with Gasteiger partial charge in [0, 0.05) is 24.4 Å². The van der Waals surface area contributed by atoms with Crippen LogP contribution in [0.1, 0.15) is 21.1 Å². The SMILES string of the molecule is COc1ccccc1NC(=O)CN1CCc2nc(NC(=O)c3ccco3)sc2C1. The average Bonchev–Trinajstić information content (AvgIpc) is 3.37. The second-order valence-corrected chi connectivity index (χ2v) is 7.61. The fourth-order valence-electron chi connectivity index (χ4n) is 3.14. The minimum Gasteiger partial charge on any atom is -0.495 e. The van der Waals surface area contributed by atoms with Crippen molar-refractivity contribution in [1.82, 2.24) is 9.88 Å². The van der Waals surface area contributed by atoms with Gasteiger partial charge in [0.25, 0.3) is 5.91 Å². The highest BCUT2D eigenvalue weighted by atomic mass is 32.1. The van der Waals surface area contributed by atoms with Crippen molar-refractivity contribution in [3.05, 3.63) is 59.0 Å². The fourth-order valence-corrected chi connectivity index (χ4v) is 4.19. The van der Waals surface area contributed by atoms with Gasteiger partial charge in [0.2, 0.25) is 5.91 Å². The van der Waals surface area contributed by atoms with Gasteiger partial charge in [-0.2, -0.15) is 0 Å². The number of ether oxygens (including phenoxy) is 1. The molecule has 2 aromatic heterocycles. The van der Waals surface area contributed by atoms with Gasteiger partial charge in [0.05, 0.1) is 31.3 Å². The lowest BCUT2D eigenvalue weighted by Crippen LogP contribution is -2.36. The van der Waals surface area contributed by atoms with Gasteiger partial charge in [-0.3, -0.25) is 19.8 Å². The summed E-state index contributed by atoms with van der Waals surface area (Å²) in [5.41, 5.74) is 1.62. The minimum absolute atomic E-state index is 0.103. The Kier molecular flexibility index (Phi) is 5.59. The number of hydrogen-bond acceptors (Lipinski definition) is 7. The average molecular weight is 412 g/mol. The molecule has 0 atom stereocenters. The molecular weight excluding hydrogens is 392 g/mol. The summed E-state index contributed by atoms with van der Waals surface area (Å²) in [4.78, 5) is 32.2. The van der Waals surface area contributed by atoms with Crippen molar-refractivity contribution >= 4 is 34.0 Å². The summed E-state index contributed by atoms with van der Waals surface area (Å²) < 4.78 is 10.4. The normalized spacial score (nSPS) is 13.6. The van der Waals surface area contributed by atoms with Crippen molar-refractivity contribution in [1.29, 1.82) is 0 Å². The molecule has 0 radical (unpaired) electrons. The predicted octanol–water partition coefficient (Wildman–Crippen LogP) is 2.99. The van der Waals surface area contributed by atoms with E-state index < -0.39 is 0 Å². The van der Waals surface area contributed by atoms with Crippen LogP contribution in [0.25, 0.3) is 0 Å². The number of thiazole rings is 1. The maximum absolute atomic E-state index is 12.5. The van der Waals surface area contributed by atoms with E-state index in [-0.39, 0.29) is 24.1 Å². The summed E-state index contributed by atoms with van der Waals surface area (Å²) in [6, 6.07) is 10.6. The quantitative estimate of drug-likeness (QED) is 0.646. The summed E-state index contributed by atoms with van der Waals surface area (Å²) in [6.07, 6.45) is 2.18. The van der Waals surface area contributed by atoms with Crippen LogP contribution in [0, 0.1) is 0 Å². The fraction of sp³-hybridized carbons (Fsp3) is 0.250. The lowest BCUT2D eigenvalue weighted by Gasteiger charge is -2.25. The summed E-state index contributed by atoms with van der Waals surface area (Å²) >= 11 is 1.42. The monoisotopic (exact) mass is 412 g/mol. The first-order valence-corrected chi connectivity index (χ1v) is 9.92. The third-order valence-electron chi connectivity index (χ3n) is 4.52. The Morgan fingerprint density at radius 3 is 2.90 bits per heavy atom. The molecule has 0 aliphatic carbocycles. The molecule has 1 aliphatic rings. The summed E-state index contributed by atoms with van der Waals surface area (Å²) in [5, 5.41) is 6.20. The van der Waals surface area contributed by atoms with E-state index in [1.807, 2.05) is 18.2 Å². The molecule has 0 spiro atoms. The van der Waals surface area contributed by atoms with Crippen LogP contribution < -0.4 is 15.4 Å². The first kappa shape index (κ1) is 19.2. The Balaban J connectivity index is 1.35. The number of fused-ring (bicyclic) bond motifs is 1. The Morgan fingerprint density at radius 1 is 1.24 bits per heavy atom. The topological polar surface area (TPSA) is 96.7 Å². The number of carbonyl (C=O) groups excluding carboxylic acids is 2. The lowest BCUT2D eigenvalue weighted by atomic mass is 10.2. The van der Waals surface area contributed by atoms with Crippen molar-refractivity contribution in [3.63, 3.8) is 0 Å². The Morgan fingerprint density at radius 2 is 2.10 bits per heavy atom. The molecule has 3 aromatic rings. The maximum atomic E-state index is 12.5. The van der Waals surface area contributed by atoms with Crippen LogP contribution in [0.2, 0.25) is 0 Å². The van der Waals surface area contributed by atoms with E-state index in [9.17, 15) is 9.59 Å². The number of para-hydroxylation sites is 2. The van der Waals surface area contributed by atoms with Crippen LogP contribution in [-0.2, 0) is 17.8 Å². The number of nitrogens with zero attached hydrogens (tertiary/aromatic N) is 2. The van der Waals surface area contributed by atoms with Gasteiger partial charge >= 0.3 is 0 Å². The first-order valence-electron chi connectivity index (χ1n) is 9.11. The number of furan rings is 1. The number of aromatic nitrogens is 1. The third-order valence-corrected chi connectivity index (χ3v) is 5.52. The number of carbonyl (C=O) groups is 2. The van der Waals surface area contributed by atoms with E-state index in [1.165, 1.54) is 17.6 Å². The number of nitrogens with one attached hydrogen (secondary N) is 2. The van der Waals surface area contributed by atoms with Gasteiger partial charge in [-0.1, -0.05) is 12.1 Å². The van der Waals surface area contributed by atoms with Crippen LogP contribution in [0.5, 0.6) is 5.75 Å². The zero-order valence-electron chi connectivity index (χ0n) is 15.8. The largest absolute Gasteiger partial charge is 0.495 e. The molecule has 9 heteroatoms. The van der Waals surface area contributed by atoms with Gasteiger partial charge in [0.1, 0.15) is 5.75 Å². The van der Waals surface area contributed by atoms with Crippen molar-refractivity contribution in [3.8, 4) is 5.75 Å². The Bertz CT molecular complexity index is 1020. The Hall–Kier alpha value is -3.17. The molecule has 0 saturated heterocycles. The number of hydrogen-bond donors (Lipinski definition) is 2. The van der Waals surface area contributed by atoms with E-state index in [0.717, 1.165) is 23.5 Å². The molecule has 8 nitrogen and oxygen atoms in total. The summed E-state index contributed by atoms with van der Waals surface area (Å²) in [5.74, 6) is 0.442. The van der Waals surface area contributed by atoms with Crippen molar-refractivity contribution in [2.75, 3.05) is 30.8 Å². The number of methoxy groups -OCH3 is 1. The molecule has 4 rings (SSSR count). The molecule has 1 aliphatic heterocycles. The highest BCUT2D eigenvalue weighted by Crippen LogP contribution is 2.29. The van der Waals surface area contributed by atoms with Crippen LogP contribution in [0.4, 0.5) is 10.8 Å². The highest BCUT2D eigenvalue weighted by molar-refractivity contribution is 7.15. The second kappa shape index (κ2) is 8.46. The number of amides is 2. The molecule has 2 amide bonds. The van der Waals surface area contributed by atoms with Gasteiger partial charge in [-0.05, 0) is 24.3 Å². The highest BCUT2D eigenvalue weighted by Gasteiger charge is 2.23. The van der Waals surface area contributed by atoms with E-state index in [1.54, 1.807) is 25.3 Å². The molecule has 150 valence electrons. The van der Waals surface area contributed by atoms with E-state index >= 15 is 0 Å². The molecule has 0 bridgehead atoms. The van der Waals surface area contributed by atoms with Gasteiger partial charge < -0.3 is 14.5 Å². The van der Waals surface area contributed by atoms with Crippen LogP contribution in [-0.4, -0.2) is 41.9 Å². The van der Waals surface area contributed by atoms with Crippen LogP contribution in [0.3, 0.4) is 0 Å². The van der Waals surface area contributed by atoms with Crippen LogP contribution in [0.15, 0.2) is 47.1 Å². The zero-order valence-corrected chi connectivity index (χ0v) is 16.6. The molecular formula is C20H20N4O4S. The molecule has 29 heavy (non-hydrogen) atoms. The smallest absolute Gasteiger partial charge is 0.293 e. The molecule has 3 heterocycles. The second-order valence-electron chi connectivity index (χ2n) is 6.53. The van der Waals surface area contributed by atoms with Gasteiger partial charge in [-0.15, -0.1) is 11.3 Å². The lowest BCUT2D eigenvalue weighted by molar-refractivity contribution is -0.117. The predicted molar refractivity (Wildman–Crippen MR) is 109 cm³/mol. The third kappa shape index (κ3) is 4.47. The minimum atomic E-state index is -0.325. The van der Waals surface area contributed by atoms with Gasteiger partial charge in [0.15, 0.2) is 10.9 Å². The number of anilines is 2. The van der Waals surface area contributed by atoms with E-state index in [2.05, 4.69) is 20.5 Å². The molecule has 2 N–H and O–H groups in total. The summed E-state index contributed by atoms with van der Waals surface area (Å²) in [6.45, 7) is 1.61. The maximum Gasteiger partial charge on any atom is 0.293 e. The Labute approximate surface area is 171 Å². The molecule has 1 aromatic carbocycles. The van der Waals surface area contributed by atoms with Crippen molar-refractivity contribution in [2.24, 2.45) is 0 Å². The molecule has 0 fully saturated rings. The van der Waals surface area contributed by atoms with Crippen molar-refractivity contribution < 1.29 is 18.7 Å². The van der Waals surface area contributed by atoms with Gasteiger partial charge in [-0.25, -0.2) is 4.98 Å². The van der Waals surface area contributed by atoms with Crippen LogP contribution >= 0.6 is 11.3 Å². The van der Waals surface area contributed by atoms with E-state index in [4.69, 9.17) is 9.15 Å². The standard InChI is InChI=1S/C20H20N4O4S/c1-27-15-6-3-2-5-13(15)21-18(25)12-24-9-8-14-17(11-24)29-20(22-14)23-19(26)16-7-4-10-28-16/h2-7,10H,8-9,11-12H2,1H3,(H,21,25)(H,22,23,26). The van der Waals surface area contributed by atoms with Crippen molar-refractivity contribution in [2.45, 2.75) is 13.0 Å². The first-order chi connectivity index (χ1) is 14.1. The number of rotatable bonds is 6. The van der Waals surface area contributed by atoms with E-state index in [0.29, 0.717) is 23.1 Å².